The summed E-state index contributed by atoms with van der Waals surface area (Å²) in [5.41, 5.74) is 0.967. The zero-order valence-corrected chi connectivity index (χ0v) is 13.7. The number of hydrogen-bond acceptors (Lipinski definition) is 3. The van der Waals surface area contributed by atoms with Crippen LogP contribution in [0.15, 0.2) is 24.5 Å². The first kappa shape index (κ1) is 18.5. The molecule has 0 spiro atoms. The van der Waals surface area contributed by atoms with Crippen LogP contribution in [0.1, 0.15) is 31.4 Å². The molecule has 134 valence electrons. The Kier molecular flexibility index (Phi) is 6.42. The number of urea groups is 1. The number of alkyl halides is 3. The first-order valence-corrected chi connectivity index (χ1v) is 8.13. The molecule has 1 saturated heterocycles. The highest BCUT2D eigenvalue weighted by Gasteiger charge is 2.32. The maximum absolute atomic E-state index is 12.5. The van der Waals surface area contributed by atoms with Crippen molar-refractivity contribution in [2.75, 3.05) is 32.7 Å². The number of nitrogens with zero attached hydrogens (tertiary/aromatic N) is 3. The summed E-state index contributed by atoms with van der Waals surface area (Å²) in [6, 6.07) is 3.34. The fourth-order valence-electron chi connectivity index (χ4n) is 2.84. The average molecular weight is 344 g/mol. The molecule has 1 aromatic heterocycles. The molecule has 1 atom stereocenters. The second kappa shape index (κ2) is 8.32. The molecule has 2 rings (SSSR count). The molecule has 1 aliphatic heterocycles. The molecule has 1 N–H and O–H groups in total. The lowest BCUT2D eigenvalue weighted by Crippen LogP contribution is -2.44. The molecule has 1 aromatic rings. The van der Waals surface area contributed by atoms with Gasteiger partial charge in [-0.05, 0) is 30.5 Å². The van der Waals surface area contributed by atoms with Gasteiger partial charge in [0.1, 0.15) is 0 Å². The Morgan fingerprint density at radius 1 is 1.25 bits per heavy atom. The monoisotopic (exact) mass is 344 g/mol. The van der Waals surface area contributed by atoms with E-state index in [9.17, 15) is 18.0 Å². The number of rotatable bonds is 4. The van der Waals surface area contributed by atoms with Gasteiger partial charge < -0.3 is 10.2 Å². The maximum atomic E-state index is 12.5. The molecule has 1 unspecified atom stereocenters. The van der Waals surface area contributed by atoms with Gasteiger partial charge in [0.05, 0.1) is 12.6 Å². The highest BCUT2D eigenvalue weighted by Crippen LogP contribution is 2.19. The summed E-state index contributed by atoms with van der Waals surface area (Å²) in [7, 11) is 0. The van der Waals surface area contributed by atoms with Gasteiger partial charge in [0.2, 0.25) is 0 Å². The molecular weight excluding hydrogens is 321 g/mol. The number of nitrogens with one attached hydrogen (secondary N) is 1. The second-order valence-electron chi connectivity index (χ2n) is 5.92. The van der Waals surface area contributed by atoms with E-state index in [4.69, 9.17) is 0 Å². The number of pyridine rings is 1. The van der Waals surface area contributed by atoms with Crippen molar-refractivity contribution in [3.63, 3.8) is 0 Å². The topological polar surface area (TPSA) is 48.5 Å². The maximum Gasteiger partial charge on any atom is 0.401 e. The summed E-state index contributed by atoms with van der Waals surface area (Å²) in [6.07, 6.45) is 0.404. The Bertz CT molecular complexity index is 524. The zero-order valence-electron chi connectivity index (χ0n) is 13.7. The van der Waals surface area contributed by atoms with Crippen LogP contribution in [-0.4, -0.2) is 59.7 Å². The molecule has 24 heavy (non-hydrogen) atoms. The van der Waals surface area contributed by atoms with Crippen LogP contribution < -0.4 is 5.32 Å². The van der Waals surface area contributed by atoms with E-state index in [1.165, 1.54) is 4.90 Å². The molecular formula is C16H23F3N4O. The molecule has 5 nitrogen and oxygen atoms in total. The third-order valence-corrected chi connectivity index (χ3v) is 4.09. The highest BCUT2D eigenvalue weighted by molar-refractivity contribution is 5.74. The van der Waals surface area contributed by atoms with Crippen LogP contribution in [-0.2, 0) is 0 Å². The third-order valence-electron chi connectivity index (χ3n) is 4.09. The van der Waals surface area contributed by atoms with Gasteiger partial charge in [-0.3, -0.25) is 9.88 Å². The molecule has 0 aliphatic carbocycles. The minimum absolute atomic E-state index is 0.130. The first-order chi connectivity index (χ1) is 11.4. The predicted octanol–water partition coefficient (Wildman–Crippen LogP) is 2.81. The first-order valence-electron chi connectivity index (χ1n) is 8.13. The standard InChI is InChI=1S/C16H23F3N4O/c1-2-14(13-4-6-20-7-5-13)21-15(24)23-9-3-8-22(10-11-23)12-16(17,18)19/h4-7,14H,2-3,8-12H2,1H3,(H,21,24). The van der Waals surface area contributed by atoms with Crippen LogP contribution in [0.3, 0.4) is 0 Å². The largest absolute Gasteiger partial charge is 0.401 e. The summed E-state index contributed by atoms with van der Waals surface area (Å²) in [6.45, 7) is 2.40. The van der Waals surface area contributed by atoms with Crippen molar-refractivity contribution in [3.05, 3.63) is 30.1 Å². The van der Waals surface area contributed by atoms with E-state index in [1.54, 1.807) is 17.3 Å². The van der Waals surface area contributed by atoms with E-state index in [-0.39, 0.29) is 18.6 Å². The molecule has 1 fully saturated rings. The van der Waals surface area contributed by atoms with Gasteiger partial charge in [0.25, 0.3) is 0 Å². The van der Waals surface area contributed by atoms with E-state index in [2.05, 4.69) is 10.3 Å². The van der Waals surface area contributed by atoms with Crippen molar-refractivity contribution >= 4 is 6.03 Å². The number of halogens is 3. The van der Waals surface area contributed by atoms with Crippen molar-refractivity contribution in [3.8, 4) is 0 Å². The third kappa shape index (κ3) is 5.67. The minimum atomic E-state index is -4.20. The smallest absolute Gasteiger partial charge is 0.331 e. The Morgan fingerprint density at radius 2 is 1.96 bits per heavy atom. The summed E-state index contributed by atoms with van der Waals surface area (Å²) in [4.78, 5) is 19.4. The van der Waals surface area contributed by atoms with Crippen molar-refractivity contribution in [2.45, 2.75) is 32.0 Å². The van der Waals surface area contributed by atoms with Crippen molar-refractivity contribution < 1.29 is 18.0 Å². The lowest BCUT2D eigenvalue weighted by molar-refractivity contribution is -0.145. The van der Waals surface area contributed by atoms with E-state index in [0.29, 0.717) is 26.1 Å². The van der Waals surface area contributed by atoms with Crippen molar-refractivity contribution in [2.24, 2.45) is 0 Å². The average Bonchev–Trinajstić information content (AvgIpc) is 2.77. The van der Waals surface area contributed by atoms with E-state index >= 15 is 0 Å². The highest BCUT2D eigenvalue weighted by atomic mass is 19.4. The molecule has 0 bridgehead atoms. The van der Waals surface area contributed by atoms with Crippen LogP contribution in [0, 0.1) is 0 Å². The number of aromatic nitrogens is 1. The molecule has 0 saturated carbocycles. The molecule has 0 radical (unpaired) electrons. The second-order valence-corrected chi connectivity index (χ2v) is 5.92. The summed E-state index contributed by atoms with van der Waals surface area (Å²) in [5, 5.41) is 2.96. The number of carbonyl (C=O) groups is 1. The van der Waals surface area contributed by atoms with Crippen molar-refractivity contribution in [1.29, 1.82) is 0 Å². The summed E-state index contributed by atoms with van der Waals surface area (Å²) in [5.74, 6) is 0. The van der Waals surface area contributed by atoms with Gasteiger partial charge in [-0.2, -0.15) is 13.2 Å². The van der Waals surface area contributed by atoms with E-state index in [1.807, 2.05) is 19.1 Å². The SMILES string of the molecule is CCC(NC(=O)N1CCCN(CC(F)(F)F)CC1)c1ccncc1. The number of hydrogen-bond donors (Lipinski definition) is 1. The Balaban J connectivity index is 1.90. The lowest BCUT2D eigenvalue weighted by Gasteiger charge is -2.25. The predicted molar refractivity (Wildman–Crippen MR) is 84.5 cm³/mol. The lowest BCUT2D eigenvalue weighted by atomic mass is 10.1. The van der Waals surface area contributed by atoms with E-state index in [0.717, 1.165) is 12.0 Å². The van der Waals surface area contributed by atoms with Gasteiger partial charge in [-0.1, -0.05) is 6.92 Å². The molecule has 2 heterocycles. The normalized spacial score (nSPS) is 18.1. The summed E-state index contributed by atoms with van der Waals surface area (Å²) < 4.78 is 37.5. The van der Waals surface area contributed by atoms with Crippen LogP contribution in [0.5, 0.6) is 0 Å². The molecule has 1 aliphatic rings. The fourth-order valence-corrected chi connectivity index (χ4v) is 2.84. The van der Waals surface area contributed by atoms with Gasteiger partial charge >= 0.3 is 12.2 Å². The zero-order chi connectivity index (χ0) is 17.6. The number of carbonyl (C=O) groups excluding carboxylic acids is 1. The van der Waals surface area contributed by atoms with Crippen LogP contribution in [0.2, 0.25) is 0 Å². The summed E-state index contributed by atoms with van der Waals surface area (Å²) >= 11 is 0. The van der Waals surface area contributed by atoms with Crippen LogP contribution >= 0.6 is 0 Å². The Morgan fingerprint density at radius 3 is 2.58 bits per heavy atom. The van der Waals surface area contributed by atoms with Crippen LogP contribution in [0.25, 0.3) is 0 Å². The van der Waals surface area contributed by atoms with Gasteiger partial charge in [-0.25, -0.2) is 4.79 Å². The van der Waals surface area contributed by atoms with Gasteiger partial charge in [0.15, 0.2) is 0 Å². The molecule has 2 amide bonds. The van der Waals surface area contributed by atoms with E-state index < -0.39 is 12.7 Å². The number of amides is 2. The Labute approximate surface area is 139 Å². The van der Waals surface area contributed by atoms with Gasteiger partial charge in [0, 0.05) is 38.6 Å². The molecule has 0 aromatic carbocycles. The fraction of sp³-hybridized carbons (Fsp3) is 0.625. The van der Waals surface area contributed by atoms with Crippen LogP contribution in [0.4, 0.5) is 18.0 Å². The molecule has 8 heteroatoms. The van der Waals surface area contributed by atoms with Crippen molar-refractivity contribution in [1.82, 2.24) is 20.1 Å². The van der Waals surface area contributed by atoms with Gasteiger partial charge in [-0.15, -0.1) is 0 Å². The quantitative estimate of drug-likeness (QED) is 0.914. The Hall–Kier alpha value is -1.83. The minimum Gasteiger partial charge on any atom is -0.331 e.